The Kier molecular flexibility index (Phi) is 3.55. The lowest BCUT2D eigenvalue weighted by Crippen LogP contribution is -1.96. The number of halogens is 2. The zero-order chi connectivity index (χ0) is 14.8. The molecule has 102 valence electrons. The fourth-order valence-corrected chi connectivity index (χ4v) is 2.46. The van der Waals surface area contributed by atoms with Gasteiger partial charge < -0.3 is 5.32 Å². The van der Waals surface area contributed by atoms with Gasteiger partial charge in [-0.05, 0) is 40.2 Å². The summed E-state index contributed by atoms with van der Waals surface area (Å²) in [7, 11) is 0. The highest BCUT2D eigenvalue weighted by Gasteiger charge is 2.11. The smallest absolute Gasteiger partial charge is 0.162 e. The van der Waals surface area contributed by atoms with E-state index < -0.39 is 5.82 Å². The fraction of sp³-hybridized carbons (Fsp3) is 0. The first kappa shape index (κ1) is 13.5. The summed E-state index contributed by atoms with van der Waals surface area (Å²) in [5, 5.41) is 12.8. The van der Waals surface area contributed by atoms with E-state index in [-0.39, 0.29) is 15.7 Å². The van der Waals surface area contributed by atoms with Crippen molar-refractivity contribution in [3.63, 3.8) is 0 Å². The normalized spacial score (nSPS) is 10.3. The third-order valence-electron chi connectivity index (χ3n) is 3.07. The van der Waals surface area contributed by atoms with E-state index in [0.29, 0.717) is 5.69 Å². The summed E-state index contributed by atoms with van der Waals surface area (Å²) in [4.78, 5) is 4.31. The molecular weight excluding hydrogens is 333 g/mol. The highest BCUT2D eigenvalue weighted by Crippen LogP contribution is 2.29. The van der Waals surface area contributed by atoms with Crippen LogP contribution in [0.5, 0.6) is 0 Å². The second-order valence-electron chi connectivity index (χ2n) is 4.44. The molecule has 0 fully saturated rings. The molecule has 0 radical (unpaired) electrons. The maximum absolute atomic E-state index is 14.2. The van der Waals surface area contributed by atoms with Crippen LogP contribution in [0.15, 0.2) is 53.1 Å². The molecule has 0 aliphatic carbocycles. The van der Waals surface area contributed by atoms with Crippen LogP contribution in [0.1, 0.15) is 5.56 Å². The second-order valence-corrected chi connectivity index (χ2v) is 5.24. The van der Waals surface area contributed by atoms with Gasteiger partial charge >= 0.3 is 0 Å². The molecule has 1 aromatic heterocycles. The molecule has 2 aromatic carbocycles. The average Bonchev–Trinajstić information content (AvgIpc) is 2.52. The molecule has 0 saturated heterocycles. The number of rotatable bonds is 2. The molecule has 3 rings (SSSR count). The summed E-state index contributed by atoms with van der Waals surface area (Å²) in [5.41, 5.74) is 2.11. The number of para-hydroxylation sites is 1. The molecular formula is C16H9BrFN3. The Hall–Kier alpha value is -2.45. The van der Waals surface area contributed by atoms with Crippen LogP contribution in [0.25, 0.3) is 10.9 Å². The number of nitrogens with zero attached hydrogens (tertiary/aromatic N) is 2. The SMILES string of the molecule is N#Cc1ccc(Nc2cnc3ccccc3c2)c(F)c1Br. The van der Waals surface area contributed by atoms with E-state index in [1.807, 2.05) is 36.4 Å². The van der Waals surface area contributed by atoms with Gasteiger partial charge in [-0.25, -0.2) is 4.39 Å². The van der Waals surface area contributed by atoms with Gasteiger partial charge in [0.25, 0.3) is 0 Å². The lowest BCUT2D eigenvalue weighted by atomic mass is 10.2. The van der Waals surface area contributed by atoms with E-state index in [9.17, 15) is 4.39 Å². The number of anilines is 2. The third kappa shape index (κ3) is 2.58. The van der Waals surface area contributed by atoms with Crippen molar-refractivity contribution in [2.24, 2.45) is 0 Å². The van der Waals surface area contributed by atoms with Crippen molar-refractivity contribution in [2.75, 3.05) is 5.32 Å². The molecule has 0 spiro atoms. The summed E-state index contributed by atoms with van der Waals surface area (Å²) in [6, 6.07) is 14.6. The van der Waals surface area contributed by atoms with Crippen LogP contribution < -0.4 is 5.32 Å². The quantitative estimate of drug-likeness (QED) is 0.731. The number of hydrogen-bond donors (Lipinski definition) is 1. The number of fused-ring (bicyclic) bond motifs is 1. The van der Waals surface area contributed by atoms with E-state index in [1.165, 1.54) is 6.07 Å². The molecule has 1 heterocycles. The van der Waals surface area contributed by atoms with Crippen LogP contribution in [-0.2, 0) is 0 Å². The molecule has 0 saturated carbocycles. The predicted octanol–water partition coefficient (Wildman–Crippen LogP) is 4.75. The summed E-state index contributed by atoms with van der Waals surface area (Å²) in [6.45, 7) is 0. The zero-order valence-corrected chi connectivity index (χ0v) is 12.4. The highest BCUT2D eigenvalue weighted by atomic mass is 79.9. The minimum absolute atomic E-state index is 0.156. The molecule has 0 amide bonds. The van der Waals surface area contributed by atoms with E-state index >= 15 is 0 Å². The van der Waals surface area contributed by atoms with Crippen molar-refractivity contribution >= 4 is 38.2 Å². The maximum Gasteiger partial charge on any atom is 0.162 e. The van der Waals surface area contributed by atoms with Gasteiger partial charge in [-0.15, -0.1) is 0 Å². The number of aromatic nitrogens is 1. The largest absolute Gasteiger partial charge is 0.352 e. The van der Waals surface area contributed by atoms with E-state index in [1.54, 1.807) is 12.3 Å². The second kappa shape index (κ2) is 5.51. The van der Waals surface area contributed by atoms with Gasteiger partial charge in [-0.3, -0.25) is 4.98 Å². The molecule has 0 bridgehead atoms. The number of nitriles is 1. The van der Waals surface area contributed by atoms with Crippen LogP contribution in [0, 0.1) is 17.1 Å². The van der Waals surface area contributed by atoms with E-state index in [0.717, 1.165) is 10.9 Å². The Labute approximate surface area is 129 Å². The summed E-state index contributed by atoms with van der Waals surface area (Å²) >= 11 is 3.09. The van der Waals surface area contributed by atoms with E-state index in [4.69, 9.17) is 5.26 Å². The Morgan fingerprint density at radius 1 is 1.19 bits per heavy atom. The Morgan fingerprint density at radius 2 is 2.00 bits per heavy atom. The van der Waals surface area contributed by atoms with Crippen LogP contribution in [0.2, 0.25) is 0 Å². The molecule has 0 atom stereocenters. The van der Waals surface area contributed by atoms with Gasteiger partial charge in [-0.2, -0.15) is 5.26 Å². The molecule has 0 unspecified atom stereocenters. The zero-order valence-electron chi connectivity index (χ0n) is 10.8. The van der Waals surface area contributed by atoms with Crippen molar-refractivity contribution in [1.29, 1.82) is 5.26 Å². The Balaban J connectivity index is 1.99. The summed E-state index contributed by atoms with van der Waals surface area (Å²) in [5.74, 6) is -0.498. The minimum atomic E-state index is -0.498. The standard InChI is InChI=1S/C16H9BrFN3/c17-15-11(8-19)5-6-14(16(15)18)21-12-7-10-3-1-2-4-13(10)20-9-12/h1-7,9,21H. The van der Waals surface area contributed by atoms with Gasteiger partial charge in [0, 0.05) is 5.39 Å². The average molecular weight is 342 g/mol. The predicted molar refractivity (Wildman–Crippen MR) is 83.8 cm³/mol. The first-order valence-electron chi connectivity index (χ1n) is 6.19. The number of hydrogen-bond acceptors (Lipinski definition) is 3. The van der Waals surface area contributed by atoms with Gasteiger partial charge in [0.1, 0.15) is 6.07 Å². The Morgan fingerprint density at radius 3 is 2.81 bits per heavy atom. The summed E-state index contributed by atoms with van der Waals surface area (Å²) < 4.78 is 14.3. The Bertz CT molecular complexity index is 871. The van der Waals surface area contributed by atoms with E-state index in [2.05, 4.69) is 26.2 Å². The van der Waals surface area contributed by atoms with Gasteiger partial charge in [0.2, 0.25) is 0 Å². The number of nitrogens with one attached hydrogen (secondary N) is 1. The monoisotopic (exact) mass is 341 g/mol. The fourth-order valence-electron chi connectivity index (χ4n) is 2.03. The maximum atomic E-state index is 14.2. The molecule has 21 heavy (non-hydrogen) atoms. The van der Waals surface area contributed by atoms with Crippen molar-refractivity contribution in [3.05, 3.63) is 64.5 Å². The lowest BCUT2D eigenvalue weighted by Gasteiger charge is -2.09. The van der Waals surface area contributed by atoms with Gasteiger partial charge in [-0.1, -0.05) is 18.2 Å². The summed E-state index contributed by atoms with van der Waals surface area (Å²) in [6.07, 6.45) is 1.65. The van der Waals surface area contributed by atoms with Crippen molar-refractivity contribution in [3.8, 4) is 6.07 Å². The van der Waals surface area contributed by atoms with Crippen molar-refractivity contribution < 1.29 is 4.39 Å². The molecule has 0 aliphatic heterocycles. The molecule has 3 aromatic rings. The molecule has 0 aliphatic rings. The van der Waals surface area contributed by atoms with Crippen molar-refractivity contribution in [2.45, 2.75) is 0 Å². The van der Waals surface area contributed by atoms with Crippen LogP contribution in [-0.4, -0.2) is 4.98 Å². The van der Waals surface area contributed by atoms with Crippen LogP contribution >= 0.6 is 15.9 Å². The van der Waals surface area contributed by atoms with Crippen molar-refractivity contribution in [1.82, 2.24) is 4.98 Å². The topological polar surface area (TPSA) is 48.7 Å². The lowest BCUT2D eigenvalue weighted by molar-refractivity contribution is 0.624. The molecule has 5 heteroatoms. The number of benzene rings is 2. The first-order valence-corrected chi connectivity index (χ1v) is 6.98. The van der Waals surface area contributed by atoms with Gasteiger partial charge in [0.15, 0.2) is 5.82 Å². The van der Waals surface area contributed by atoms with Crippen LogP contribution in [0.4, 0.5) is 15.8 Å². The molecule has 3 nitrogen and oxygen atoms in total. The molecule has 1 N–H and O–H groups in total. The number of pyridine rings is 1. The van der Waals surface area contributed by atoms with Crippen LogP contribution in [0.3, 0.4) is 0 Å². The minimum Gasteiger partial charge on any atom is -0.352 e. The first-order chi connectivity index (χ1) is 10.2. The highest BCUT2D eigenvalue weighted by molar-refractivity contribution is 9.10. The third-order valence-corrected chi connectivity index (χ3v) is 3.85. The van der Waals surface area contributed by atoms with Gasteiger partial charge in [0.05, 0.1) is 33.1 Å².